The summed E-state index contributed by atoms with van der Waals surface area (Å²) in [7, 11) is 0. The predicted molar refractivity (Wildman–Crippen MR) is 91.3 cm³/mol. The molecule has 25 heavy (non-hydrogen) atoms. The number of aromatic nitrogens is 2. The summed E-state index contributed by atoms with van der Waals surface area (Å²) in [5.74, 6) is -1.92. The van der Waals surface area contributed by atoms with Crippen molar-refractivity contribution in [1.29, 1.82) is 0 Å². The van der Waals surface area contributed by atoms with Gasteiger partial charge in [0.15, 0.2) is 0 Å². The number of carbonyl (C=O) groups is 2. The van der Waals surface area contributed by atoms with Gasteiger partial charge in [-0.15, -0.1) is 0 Å². The first-order chi connectivity index (χ1) is 12.0. The third-order valence-electron chi connectivity index (χ3n) is 3.75. The molecule has 7 nitrogen and oxygen atoms in total. The van der Waals surface area contributed by atoms with Gasteiger partial charge < -0.3 is 15.5 Å². The molecule has 126 valence electrons. The van der Waals surface area contributed by atoms with E-state index in [4.69, 9.17) is 5.11 Å². The average molecular weight is 337 g/mol. The van der Waals surface area contributed by atoms with Gasteiger partial charge in [0.25, 0.3) is 5.91 Å². The Labute approximate surface area is 143 Å². The predicted octanol–water partition coefficient (Wildman–Crippen LogP) is 2.84. The van der Waals surface area contributed by atoms with Crippen LogP contribution in [-0.4, -0.2) is 31.9 Å². The zero-order chi connectivity index (χ0) is 18.0. The second-order valence-electron chi connectivity index (χ2n) is 5.38. The number of nitrogens with zero attached hydrogens (tertiary/aromatic N) is 2. The van der Waals surface area contributed by atoms with Gasteiger partial charge in [0, 0.05) is 0 Å². The van der Waals surface area contributed by atoms with E-state index in [-0.39, 0.29) is 17.0 Å². The number of carboxylic acids is 1. The molecule has 1 heterocycles. The minimum atomic E-state index is -1.16. The molecule has 1 amide bonds. The fourth-order valence-corrected chi connectivity index (χ4v) is 2.42. The minimum absolute atomic E-state index is 0.0661. The highest BCUT2D eigenvalue weighted by Gasteiger charge is 2.17. The molecule has 0 aliphatic heterocycles. The Bertz CT molecular complexity index is 948. The van der Waals surface area contributed by atoms with Crippen LogP contribution in [0.5, 0.6) is 5.75 Å². The number of carbonyl (C=O) groups excluding carboxylic acids is 1. The van der Waals surface area contributed by atoms with Crippen LogP contribution in [0, 0.1) is 6.92 Å². The van der Waals surface area contributed by atoms with Crippen LogP contribution in [-0.2, 0) is 0 Å². The highest BCUT2D eigenvalue weighted by molar-refractivity contribution is 6.06. The van der Waals surface area contributed by atoms with Gasteiger partial charge in [-0.25, -0.2) is 9.48 Å². The third-order valence-corrected chi connectivity index (χ3v) is 3.75. The number of rotatable bonds is 4. The third kappa shape index (κ3) is 3.20. The lowest BCUT2D eigenvalue weighted by molar-refractivity contribution is 0.0696. The van der Waals surface area contributed by atoms with Gasteiger partial charge in [0.05, 0.1) is 34.4 Å². The van der Waals surface area contributed by atoms with Gasteiger partial charge in [0.1, 0.15) is 5.75 Å². The number of anilines is 1. The summed E-state index contributed by atoms with van der Waals surface area (Å²) < 4.78 is 1.64. The van der Waals surface area contributed by atoms with Crippen molar-refractivity contribution < 1.29 is 19.8 Å². The maximum atomic E-state index is 12.5. The summed E-state index contributed by atoms with van der Waals surface area (Å²) in [5, 5.41) is 25.6. The molecule has 0 aliphatic carbocycles. The fraction of sp³-hybridized carbons (Fsp3) is 0.0556. The van der Waals surface area contributed by atoms with E-state index in [9.17, 15) is 14.7 Å². The number of amides is 1. The second-order valence-corrected chi connectivity index (χ2v) is 5.38. The van der Waals surface area contributed by atoms with Crippen molar-refractivity contribution in [2.24, 2.45) is 0 Å². The Morgan fingerprint density at radius 2 is 1.84 bits per heavy atom. The Morgan fingerprint density at radius 3 is 2.48 bits per heavy atom. The van der Waals surface area contributed by atoms with E-state index >= 15 is 0 Å². The summed E-state index contributed by atoms with van der Waals surface area (Å²) in [4.78, 5) is 23.3. The van der Waals surface area contributed by atoms with Crippen molar-refractivity contribution in [2.75, 3.05) is 5.32 Å². The van der Waals surface area contributed by atoms with Crippen LogP contribution in [0.25, 0.3) is 5.69 Å². The van der Waals surface area contributed by atoms with Gasteiger partial charge in [-0.3, -0.25) is 4.79 Å². The van der Waals surface area contributed by atoms with E-state index in [0.29, 0.717) is 11.3 Å². The fourth-order valence-electron chi connectivity index (χ4n) is 2.42. The molecule has 1 aromatic heterocycles. The smallest absolute Gasteiger partial charge is 0.335 e. The van der Waals surface area contributed by atoms with Crippen LogP contribution in [0.1, 0.15) is 26.4 Å². The number of carboxylic acid groups (broad SMARTS) is 1. The summed E-state index contributed by atoms with van der Waals surface area (Å²) in [6.45, 7) is 1.77. The van der Waals surface area contributed by atoms with Gasteiger partial charge in [0.2, 0.25) is 0 Å². The Morgan fingerprint density at radius 1 is 1.12 bits per heavy atom. The van der Waals surface area contributed by atoms with E-state index in [0.717, 1.165) is 11.8 Å². The zero-order valence-electron chi connectivity index (χ0n) is 13.3. The first-order valence-corrected chi connectivity index (χ1v) is 7.45. The van der Waals surface area contributed by atoms with Crippen LogP contribution < -0.4 is 5.32 Å². The molecular weight excluding hydrogens is 322 g/mol. The average Bonchev–Trinajstić information content (AvgIpc) is 2.99. The summed E-state index contributed by atoms with van der Waals surface area (Å²) >= 11 is 0. The highest BCUT2D eigenvalue weighted by atomic mass is 16.4. The molecule has 3 rings (SSSR count). The molecule has 0 bridgehead atoms. The number of hydrogen-bond donors (Lipinski definition) is 3. The highest BCUT2D eigenvalue weighted by Crippen LogP contribution is 2.25. The van der Waals surface area contributed by atoms with Gasteiger partial charge in [-0.05, 0) is 37.3 Å². The summed E-state index contributed by atoms with van der Waals surface area (Å²) in [5.41, 5.74) is 1.88. The number of benzene rings is 2. The molecule has 0 aliphatic rings. The van der Waals surface area contributed by atoms with Crippen molar-refractivity contribution in [3.63, 3.8) is 0 Å². The first-order valence-electron chi connectivity index (χ1n) is 7.45. The Balaban J connectivity index is 1.85. The van der Waals surface area contributed by atoms with Crippen LogP contribution in [0.2, 0.25) is 0 Å². The first kappa shape index (κ1) is 16.3. The van der Waals surface area contributed by atoms with E-state index in [1.54, 1.807) is 11.6 Å². The number of nitrogens with one attached hydrogen (secondary N) is 1. The molecule has 2 aromatic carbocycles. The lowest BCUT2D eigenvalue weighted by atomic mass is 10.1. The Hall–Kier alpha value is -3.61. The van der Waals surface area contributed by atoms with Crippen molar-refractivity contribution >= 4 is 17.6 Å². The molecule has 0 spiro atoms. The topological polar surface area (TPSA) is 104 Å². The number of aromatic hydroxyl groups is 1. The SMILES string of the molecule is Cc1c(C(=O)Nc2ccc(C(=O)O)cc2O)cnn1-c1ccccc1. The van der Waals surface area contributed by atoms with E-state index in [1.807, 2.05) is 30.3 Å². The number of phenolic OH excluding ortho intramolecular Hbond substituents is 1. The minimum Gasteiger partial charge on any atom is -0.506 e. The van der Waals surface area contributed by atoms with Crippen LogP contribution >= 0.6 is 0 Å². The molecule has 0 radical (unpaired) electrons. The van der Waals surface area contributed by atoms with Crippen LogP contribution in [0.15, 0.2) is 54.7 Å². The normalized spacial score (nSPS) is 10.4. The van der Waals surface area contributed by atoms with E-state index in [1.165, 1.54) is 18.3 Å². The van der Waals surface area contributed by atoms with Crippen LogP contribution in [0.3, 0.4) is 0 Å². The largest absolute Gasteiger partial charge is 0.506 e. The Kier molecular flexibility index (Phi) is 4.21. The molecular formula is C18H15N3O4. The van der Waals surface area contributed by atoms with Crippen molar-refractivity contribution in [3.05, 3.63) is 71.5 Å². The maximum absolute atomic E-state index is 12.5. The van der Waals surface area contributed by atoms with Crippen molar-refractivity contribution in [2.45, 2.75) is 6.92 Å². The molecule has 7 heteroatoms. The molecule has 0 fully saturated rings. The summed E-state index contributed by atoms with van der Waals surface area (Å²) in [6, 6.07) is 13.1. The van der Waals surface area contributed by atoms with Gasteiger partial charge in [-0.2, -0.15) is 5.10 Å². The summed E-state index contributed by atoms with van der Waals surface area (Å²) in [6.07, 6.45) is 1.44. The molecule has 3 aromatic rings. The lowest BCUT2D eigenvalue weighted by Gasteiger charge is -2.08. The number of para-hydroxylation sites is 1. The number of aromatic carboxylic acids is 1. The van der Waals surface area contributed by atoms with Crippen molar-refractivity contribution in [3.8, 4) is 11.4 Å². The quantitative estimate of drug-likeness (QED) is 0.635. The molecule has 0 unspecified atom stereocenters. The number of phenols is 1. The standard InChI is InChI=1S/C18H15N3O4/c1-11-14(10-19-21(11)13-5-3-2-4-6-13)17(23)20-15-8-7-12(18(24)25)9-16(15)22/h2-10,22H,1H3,(H,20,23)(H,24,25). The molecule has 0 atom stereocenters. The molecule has 3 N–H and O–H groups in total. The van der Waals surface area contributed by atoms with Crippen LogP contribution in [0.4, 0.5) is 5.69 Å². The number of hydrogen-bond acceptors (Lipinski definition) is 4. The zero-order valence-corrected chi connectivity index (χ0v) is 13.3. The molecule has 0 saturated carbocycles. The van der Waals surface area contributed by atoms with Gasteiger partial charge >= 0.3 is 5.97 Å². The van der Waals surface area contributed by atoms with E-state index in [2.05, 4.69) is 10.4 Å². The lowest BCUT2D eigenvalue weighted by Crippen LogP contribution is -2.13. The molecule has 0 saturated heterocycles. The van der Waals surface area contributed by atoms with E-state index < -0.39 is 11.9 Å². The second kappa shape index (κ2) is 6.48. The van der Waals surface area contributed by atoms with Crippen molar-refractivity contribution in [1.82, 2.24) is 9.78 Å². The monoisotopic (exact) mass is 337 g/mol. The maximum Gasteiger partial charge on any atom is 0.335 e. The van der Waals surface area contributed by atoms with Gasteiger partial charge in [-0.1, -0.05) is 18.2 Å².